The van der Waals surface area contributed by atoms with Crippen LogP contribution in [0.1, 0.15) is 57.1 Å². The van der Waals surface area contributed by atoms with E-state index >= 15 is 0 Å². The van der Waals surface area contributed by atoms with Gasteiger partial charge in [0, 0.05) is 6.54 Å². The number of hydrogen-bond donors (Lipinski definition) is 1. The normalized spacial score (nSPS) is 10.4. The summed E-state index contributed by atoms with van der Waals surface area (Å²) in [4.78, 5) is 0. The van der Waals surface area contributed by atoms with Crippen molar-refractivity contribution in [1.29, 1.82) is 0 Å². The van der Waals surface area contributed by atoms with E-state index in [4.69, 9.17) is 9.47 Å². The van der Waals surface area contributed by atoms with Crippen LogP contribution in [0.4, 0.5) is 0 Å². The molecular weight excluding hydrogens is 438 g/mol. The van der Waals surface area contributed by atoms with Crippen LogP contribution in [0.2, 0.25) is 0 Å². The van der Waals surface area contributed by atoms with Gasteiger partial charge < -0.3 is 14.8 Å². The summed E-state index contributed by atoms with van der Waals surface area (Å²) in [5, 5.41) is 3.54. The van der Waals surface area contributed by atoms with Crippen LogP contribution in [0, 0.1) is 0 Å². The number of nitrogens with one attached hydrogen (secondary N) is 1. The van der Waals surface area contributed by atoms with E-state index in [1.165, 1.54) is 37.7 Å². The first-order valence-electron chi connectivity index (χ1n) is 10.1. The lowest BCUT2D eigenvalue weighted by Gasteiger charge is -2.16. The number of benzene rings is 2. The molecule has 3 nitrogen and oxygen atoms in total. The van der Waals surface area contributed by atoms with Crippen molar-refractivity contribution < 1.29 is 9.47 Å². The molecule has 0 heterocycles. The van der Waals surface area contributed by atoms with Gasteiger partial charge in [-0.25, -0.2) is 0 Å². The third kappa shape index (κ3) is 8.85. The summed E-state index contributed by atoms with van der Waals surface area (Å²) in [7, 11) is 0. The zero-order chi connectivity index (χ0) is 19.3. The van der Waals surface area contributed by atoms with Crippen LogP contribution in [0.15, 0.2) is 46.9 Å². The highest BCUT2D eigenvalue weighted by molar-refractivity contribution is 9.10. The molecule has 0 amide bonds. The van der Waals surface area contributed by atoms with E-state index in [0.29, 0.717) is 13.2 Å². The van der Waals surface area contributed by atoms with Gasteiger partial charge in [0.1, 0.15) is 6.61 Å². The Kier molecular flexibility index (Phi) is 13.0. The van der Waals surface area contributed by atoms with Gasteiger partial charge in [-0.2, -0.15) is 0 Å². The first kappa shape index (κ1) is 24.8. The van der Waals surface area contributed by atoms with E-state index in [2.05, 4.69) is 52.4 Å². The zero-order valence-corrected chi connectivity index (χ0v) is 19.4. The van der Waals surface area contributed by atoms with Crippen molar-refractivity contribution in [2.24, 2.45) is 0 Å². The Morgan fingerprint density at radius 2 is 1.64 bits per heavy atom. The summed E-state index contributed by atoms with van der Waals surface area (Å²) in [6.45, 7) is 7.27. The molecule has 28 heavy (non-hydrogen) atoms. The Balaban J connectivity index is 0.00000392. The molecule has 0 aliphatic heterocycles. The lowest BCUT2D eigenvalue weighted by molar-refractivity contribution is 0.267. The topological polar surface area (TPSA) is 30.5 Å². The van der Waals surface area contributed by atoms with Crippen molar-refractivity contribution in [3.8, 4) is 11.5 Å². The van der Waals surface area contributed by atoms with E-state index in [-0.39, 0.29) is 12.4 Å². The highest BCUT2D eigenvalue weighted by Crippen LogP contribution is 2.37. The SMILES string of the molecule is CCCCCCCNCc1cc(Br)c(OCc2ccccc2)c(OCC)c1.Cl. The zero-order valence-electron chi connectivity index (χ0n) is 17.0. The standard InChI is InChI=1S/C23H32BrNO2.ClH/c1-3-5-6-7-11-14-25-17-20-15-21(24)23(22(16-20)26-4-2)27-18-19-12-9-8-10-13-19;/h8-10,12-13,15-16,25H,3-7,11,14,17-18H2,1-2H3;1H. The quantitative estimate of drug-likeness (QED) is 0.323. The predicted molar refractivity (Wildman–Crippen MR) is 124 cm³/mol. The summed E-state index contributed by atoms with van der Waals surface area (Å²) in [5.74, 6) is 1.56. The molecule has 0 spiro atoms. The highest BCUT2D eigenvalue weighted by atomic mass is 79.9. The van der Waals surface area contributed by atoms with Gasteiger partial charge in [0.05, 0.1) is 11.1 Å². The van der Waals surface area contributed by atoms with Crippen molar-refractivity contribution in [3.63, 3.8) is 0 Å². The van der Waals surface area contributed by atoms with E-state index in [0.717, 1.165) is 34.6 Å². The lowest BCUT2D eigenvalue weighted by atomic mass is 10.1. The molecule has 0 atom stereocenters. The second kappa shape index (κ2) is 14.7. The molecule has 2 aromatic carbocycles. The second-order valence-corrected chi connectivity index (χ2v) is 7.56. The smallest absolute Gasteiger partial charge is 0.175 e. The van der Waals surface area contributed by atoms with Gasteiger partial charge in [0.25, 0.3) is 0 Å². The van der Waals surface area contributed by atoms with Crippen LogP contribution < -0.4 is 14.8 Å². The molecule has 2 rings (SSSR count). The molecule has 2 aromatic rings. The van der Waals surface area contributed by atoms with Crippen molar-refractivity contribution in [2.75, 3.05) is 13.2 Å². The maximum Gasteiger partial charge on any atom is 0.175 e. The monoisotopic (exact) mass is 469 g/mol. The summed E-state index contributed by atoms with van der Waals surface area (Å²) >= 11 is 3.66. The highest BCUT2D eigenvalue weighted by Gasteiger charge is 2.12. The second-order valence-electron chi connectivity index (χ2n) is 6.70. The van der Waals surface area contributed by atoms with Crippen molar-refractivity contribution in [1.82, 2.24) is 5.32 Å². The van der Waals surface area contributed by atoms with Crippen molar-refractivity contribution in [3.05, 3.63) is 58.1 Å². The van der Waals surface area contributed by atoms with Gasteiger partial charge in [-0.1, -0.05) is 62.9 Å². The average Bonchev–Trinajstić information content (AvgIpc) is 2.68. The minimum Gasteiger partial charge on any atom is -0.490 e. The molecule has 0 aliphatic carbocycles. The van der Waals surface area contributed by atoms with Gasteiger partial charge in [0.2, 0.25) is 0 Å². The van der Waals surface area contributed by atoms with E-state index < -0.39 is 0 Å². The fourth-order valence-electron chi connectivity index (χ4n) is 2.94. The number of halogens is 2. The third-order valence-corrected chi connectivity index (χ3v) is 4.97. The minimum atomic E-state index is 0. The molecule has 0 bridgehead atoms. The first-order chi connectivity index (χ1) is 13.2. The van der Waals surface area contributed by atoms with Gasteiger partial charge in [0.15, 0.2) is 11.5 Å². The molecule has 0 unspecified atom stereocenters. The van der Waals surface area contributed by atoms with Crippen LogP contribution in [-0.4, -0.2) is 13.2 Å². The number of unbranched alkanes of at least 4 members (excludes halogenated alkanes) is 4. The van der Waals surface area contributed by atoms with Gasteiger partial charge in [-0.05, 0) is 59.1 Å². The number of rotatable bonds is 13. The van der Waals surface area contributed by atoms with Crippen molar-refractivity contribution in [2.45, 2.75) is 59.1 Å². The molecule has 156 valence electrons. The molecule has 5 heteroatoms. The largest absolute Gasteiger partial charge is 0.490 e. The van der Waals surface area contributed by atoms with Crippen LogP contribution in [-0.2, 0) is 13.2 Å². The summed E-state index contributed by atoms with van der Waals surface area (Å²) in [6, 6.07) is 14.4. The van der Waals surface area contributed by atoms with E-state index in [1.54, 1.807) is 0 Å². The molecular formula is C23H33BrClNO2. The molecule has 0 saturated heterocycles. The van der Waals surface area contributed by atoms with Crippen LogP contribution in [0.5, 0.6) is 11.5 Å². The maximum atomic E-state index is 6.05. The molecule has 1 N–H and O–H groups in total. The summed E-state index contributed by atoms with van der Waals surface area (Å²) < 4.78 is 12.8. The van der Waals surface area contributed by atoms with Gasteiger partial charge >= 0.3 is 0 Å². The Morgan fingerprint density at radius 3 is 2.36 bits per heavy atom. The molecule has 0 saturated carbocycles. The summed E-state index contributed by atoms with van der Waals surface area (Å²) in [6.07, 6.45) is 6.51. The molecule has 0 radical (unpaired) electrons. The van der Waals surface area contributed by atoms with Gasteiger partial charge in [-0.3, -0.25) is 0 Å². The molecule has 0 fully saturated rings. The summed E-state index contributed by atoms with van der Waals surface area (Å²) in [5.41, 5.74) is 2.34. The first-order valence-corrected chi connectivity index (χ1v) is 10.9. The van der Waals surface area contributed by atoms with Gasteiger partial charge in [-0.15, -0.1) is 12.4 Å². The fraction of sp³-hybridized carbons (Fsp3) is 0.478. The number of ether oxygens (including phenoxy) is 2. The Hall–Kier alpha value is -1.23. The van der Waals surface area contributed by atoms with E-state index in [9.17, 15) is 0 Å². The predicted octanol–water partition coefficient (Wildman–Crippen LogP) is 6.91. The molecule has 0 aromatic heterocycles. The van der Waals surface area contributed by atoms with Crippen LogP contribution in [0.25, 0.3) is 0 Å². The average molecular weight is 471 g/mol. The van der Waals surface area contributed by atoms with Crippen LogP contribution >= 0.6 is 28.3 Å². The fourth-order valence-corrected chi connectivity index (χ4v) is 3.55. The molecule has 0 aliphatic rings. The van der Waals surface area contributed by atoms with E-state index in [1.807, 2.05) is 25.1 Å². The van der Waals surface area contributed by atoms with Crippen LogP contribution in [0.3, 0.4) is 0 Å². The Morgan fingerprint density at radius 1 is 0.893 bits per heavy atom. The maximum absolute atomic E-state index is 6.05. The Labute approximate surface area is 184 Å². The van der Waals surface area contributed by atoms with Crippen molar-refractivity contribution >= 4 is 28.3 Å². The lowest BCUT2D eigenvalue weighted by Crippen LogP contribution is -2.15. The minimum absolute atomic E-state index is 0. The Bertz CT molecular complexity index is 667. The third-order valence-electron chi connectivity index (χ3n) is 4.38. The number of hydrogen-bond acceptors (Lipinski definition) is 3.